The van der Waals surface area contributed by atoms with Crippen LogP contribution in [0.25, 0.3) is 33.6 Å². The van der Waals surface area contributed by atoms with Crippen LogP contribution in [0.3, 0.4) is 0 Å². The second kappa shape index (κ2) is 7.98. The first-order valence-corrected chi connectivity index (χ1v) is 10.1. The van der Waals surface area contributed by atoms with Crippen LogP contribution in [-0.2, 0) is 18.4 Å². The Morgan fingerprint density at radius 1 is 1.10 bits per heavy atom. The first kappa shape index (κ1) is 19.5. The van der Waals surface area contributed by atoms with Crippen LogP contribution in [0.4, 0.5) is 5.69 Å². The Hall–Kier alpha value is -3.49. The maximum Gasteiger partial charge on any atom is 0.263 e. The Labute approximate surface area is 178 Å². The summed E-state index contributed by atoms with van der Waals surface area (Å²) in [5, 5.41) is 9.76. The summed E-state index contributed by atoms with van der Waals surface area (Å²) in [4.78, 5) is 24.3. The van der Waals surface area contributed by atoms with Gasteiger partial charge in [0.15, 0.2) is 5.76 Å². The summed E-state index contributed by atoms with van der Waals surface area (Å²) in [6.07, 6.45) is 1.50. The van der Waals surface area contributed by atoms with E-state index in [-0.39, 0.29) is 12.2 Å². The zero-order valence-electron chi connectivity index (χ0n) is 17.1. The summed E-state index contributed by atoms with van der Waals surface area (Å²) in [5.74, 6) is 0.830. The molecule has 0 saturated carbocycles. The third-order valence-electron chi connectivity index (χ3n) is 5.49. The minimum absolute atomic E-state index is 0.205. The Kier molecular flexibility index (Phi) is 5.01. The number of aliphatic hydroxyl groups excluding tert-OH is 1. The van der Waals surface area contributed by atoms with Gasteiger partial charge in [-0.25, -0.2) is 9.97 Å². The molecule has 4 heterocycles. The highest BCUT2D eigenvalue weighted by Crippen LogP contribution is 2.30. The van der Waals surface area contributed by atoms with Gasteiger partial charge in [0.05, 0.1) is 36.1 Å². The van der Waals surface area contributed by atoms with Crippen molar-refractivity contribution in [3.63, 3.8) is 0 Å². The summed E-state index contributed by atoms with van der Waals surface area (Å²) >= 11 is 0. The van der Waals surface area contributed by atoms with Gasteiger partial charge in [-0.05, 0) is 30.3 Å². The van der Waals surface area contributed by atoms with Crippen LogP contribution in [0, 0.1) is 0 Å². The Bertz CT molecular complexity index is 1290. The van der Waals surface area contributed by atoms with Gasteiger partial charge in [0.25, 0.3) is 5.56 Å². The van der Waals surface area contributed by atoms with Crippen molar-refractivity contribution in [3.8, 4) is 22.7 Å². The highest BCUT2D eigenvalue weighted by Gasteiger charge is 2.18. The molecule has 1 N–H and O–H groups in total. The van der Waals surface area contributed by atoms with E-state index in [1.165, 1.54) is 10.9 Å². The number of fused-ring (bicyclic) bond motifs is 1. The van der Waals surface area contributed by atoms with E-state index in [4.69, 9.17) is 14.1 Å². The highest BCUT2D eigenvalue weighted by atomic mass is 16.5. The van der Waals surface area contributed by atoms with Crippen LogP contribution >= 0.6 is 0 Å². The van der Waals surface area contributed by atoms with Crippen LogP contribution in [0.15, 0.2) is 58.0 Å². The van der Waals surface area contributed by atoms with E-state index in [0.717, 1.165) is 37.6 Å². The summed E-state index contributed by atoms with van der Waals surface area (Å²) in [6, 6.07) is 13.4. The number of rotatable bonds is 4. The molecule has 4 aromatic rings. The van der Waals surface area contributed by atoms with Crippen molar-refractivity contribution in [2.75, 3.05) is 31.2 Å². The van der Waals surface area contributed by atoms with Gasteiger partial charge in [-0.15, -0.1) is 0 Å². The van der Waals surface area contributed by atoms with Crippen molar-refractivity contribution >= 4 is 16.6 Å². The molecule has 8 heteroatoms. The molecule has 1 aliphatic rings. The summed E-state index contributed by atoms with van der Waals surface area (Å²) in [5.41, 5.74) is 3.50. The summed E-state index contributed by atoms with van der Waals surface area (Å²) in [6.45, 7) is 2.98. The average Bonchev–Trinajstić information content (AvgIpc) is 3.31. The van der Waals surface area contributed by atoms with Crippen LogP contribution in [0.1, 0.15) is 5.76 Å². The molecule has 8 nitrogen and oxygen atoms in total. The summed E-state index contributed by atoms with van der Waals surface area (Å²) < 4.78 is 12.5. The van der Waals surface area contributed by atoms with E-state index in [2.05, 4.69) is 22.0 Å². The molecule has 1 fully saturated rings. The molecule has 3 aromatic heterocycles. The van der Waals surface area contributed by atoms with Crippen LogP contribution < -0.4 is 10.5 Å². The third-order valence-corrected chi connectivity index (χ3v) is 5.49. The number of nitrogens with zero attached hydrogens (tertiary/aromatic N) is 4. The zero-order valence-corrected chi connectivity index (χ0v) is 17.1. The summed E-state index contributed by atoms with van der Waals surface area (Å²) in [7, 11) is 1.65. The number of furan rings is 1. The molecule has 1 saturated heterocycles. The molecular weight excluding hydrogens is 396 g/mol. The predicted molar refractivity (Wildman–Crippen MR) is 117 cm³/mol. The molecule has 0 unspecified atom stereocenters. The smallest absolute Gasteiger partial charge is 0.263 e. The number of aliphatic hydroxyl groups is 1. The maximum atomic E-state index is 12.8. The predicted octanol–water partition coefficient (Wildman–Crippen LogP) is 2.58. The number of anilines is 1. The molecule has 0 aliphatic carbocycles. The average molecular weight is 418 g/mol. The van der Waals surface area contributed by atoms with Crippen molar-refractivity contribution in [1.29, 1.82) is 0 Å². The highest BCUT2D eigenvalue weighted by molar-refractivity contribution is 5.93. The molecule has 0 radical (unpaired) electrons. The number of ether oxygens (including phenoxy) is 1. The first-order valence-electron chi connectivity index (χ1n) is 10.1. The van der Waals surface area contributed by atoms with Crippen molar-refractivity contribution in [2.45, 2.75) is 6.61 Å². The van der Waals surface area contributed by atoms with Gasteiger partial charge in [0, 0.05) is 31.4 Å². The third kappa shape index (κ3) is 3.60. The fraction of sp³-hybridized carbons (Fsp3) is 0.261. The van der Waals surface area contributed by atoms with Crippen molar-refractivity contribution in [2.24, 2.45) is 7.05 Å². The Balaban J connectivity index is 1.62. The lowest BCUT2D eigenvalue weighted by Gasteiger charge is -2.28. The zero-order chi connectivity index (χ0) is 21.4. The number of pyridine rings is 1. The monoisotopic (exact) mass is 418 g/mol. The van der Waals surface area contributed by atoms with E-state index in [9.17, 15) is 9.90 Å². The molecule has 1 aromatic carbocycles. The van der Waals surface area contributed by atoms with Gasteiger partial charge < -0.3 is 23.7 Å². The molecule has 0 amide bonds. The number of hydrogen-bond acceptors (Lipinski definition) is 7. The van der Waals surface area contributed by atoms with Crippen LogP contribution in [0.2, 0.25) is 0 Å². The lowest BCUT2D eigenvalue weighted by molar-refractivity contribution is 0.122. The lowest BCUT2D eigenvalue weighted by Crippen LogP contribution is -2.36. The maximum absolute atomic E-state index is 12.8. The molecular formula is C23H22N4O4. The number of aryl methyl sites for hydroxylation is 1. The number of aromatic nitrogens is 3. The topological polar surface area (TPSA) is 93.6 Å². The Morgan fingerprint density at radius 3 is 2.58 bits per heavy atom. The van der Waals surface area contributed by atoms with E-state index >= 15 is 0 Å². The standard InChI is InChI=1S/C23H22N4O4/c1-26-14-24-19-12-18(15-2-4-16(5-3-15)27-8-10-30-11-9-27)25-22(21(19)23(26)29)20-7-6-17(13-28)31-20/h2-7,12,14,28H,8-11,13H2,1H3. The van der Waals surface area contributed by atoms with E-state index in [0.29, 0.717) is 33.8 Å². The Morgan fingerprint density at radius 2 is 1.87 bits per heavy atom. The molecule has 0 atom stereocenters. The minimum atomic E-state index is -0.225. The molecule has 1 aliphatic heterocycles. The quantitative estimate of drug-likeness (QED) is 0.544. The molecule has 0 bridgehead atoms. The van der Waals surface area contributed by atoms with Gasteiger partial charge >= 0.3 is 0 Å². The molecule has 5 rings (SSSR count). The van der Waals surface area contributed by atoms with Gasteiger partial charge in [-0.1, -0.05) is 12.1 Å². The fourth-order valence-electron chi connectivity index (χ4n) is 3.80. The van der Waals surface area contributed by atoms with Crippen LogP contribution in [0.5, 0.6) is 0 Å². The number of hydrogen-bond donors (Lipinski definition) is 1. The molecule has 158 valence electrons. The van der Waals surface area contributed by atoms with Gasteiger partial charge in [-0.2, -0.15) is 0 Å². The fourth-order valence-corrected chi connectivity index (χ4v) is 3.80. The van der Waals surface area contributed by atoms with Gasteiger partial charge in [-0.3, -0.25) is 4.79 Å². The van der Waals surface area contributed by atoms with E-state index in [1.807, 2.05) is 18.2 Å². The lowest BCUT2D eigenvalue weighted by atomic mass is 10.1. The second-order valence-electron chi connectivity index (χ2n) is 7.48. The first-order chi connectivity index (χ1) is 15.1. The number of benzene rings is 1. The van der Waals surface area contributed by atoms with E-state index in [1.54, 1.807) is 19.2 Å². The van der Waals surface area contributed by atoms with Crippen LogP contribution in [-0.4, -0.2) is 45.9 Å². The normalized spacial score (nSPS) is 14.3. The second-order valence-corrected chi connectivity index (χ2v) is 7.48. The van der Waals surface area contributed by atoms with Crippen molar-refractivity contribution < 1.29 is 14.3 Å². The molecule has 0 spiro atoms. The van der Waals surface area contributed by atoms with E-state index < -0.39 is 0 Å². The molecule has 31 heavy (non-hydrogen) atoms. The largest absolute Gasteiger partial charge is 0.457 e. The van der Waals surface area contributed by atoms with Gasteiger partial charge in [0.2, 0.25) is 0 Å². The number of morpholine rings is 1. The minimum Gasteiger partial charge on any atom is -0.457 e. The van der Waals surface area contributed by atoms with Gasteiger partial charge in [0.1, 0.15) is 18.1 Å². The van der Waals surface area contributed by atoms with Crippen molar-refractivity contribution in [1.82, 2.24) is 14.5 Å². The SMILES string of the molecule is Cn1cnc2cc(-c3ccc(N4CCOCC4)cc3)nc(-c3ccc(CO)o3)c2c1=O. The van der Waals surface area contributed by atoms with Crippen molar-refractivity contribution in [3.05, 3.63) is 64.9 Å².